The minimum absolute atomic E-state index is 0.395. The van der Waals surface area contributed by atoms with Gasteiger partial charge in [0.25, 0.3) is 0 Å². The predicted octanol–water partition coefficient (Wildman–Crippen LogP) is 5.78. The van der Waals surface area contributed by atoms with E-state index in [0.717, 1.165) is 27.2 Å². The highest BCUT2D eigenvalue weighted by atomic mass is 79.9. The number of fused-ring (bicyclic) bond motifs is 1. The normalized spacial score (nSPS) is 11.1. The van der Waals surface area contributed by atoms with Crippen molar-refractivity contribution in [2.24, 2.45) is 0 Å². The Kier molecular flexibility index (Phi) is 5.11. The van der Waals surface area contributed by atoms with Gasteiger partial charge in [-0.2, -0.15) is 0 Å². The SMILES string of the molecule is CCc1ccc(OC(=O)/C=C/c2cccc3ccccc23)c(Br)c1. The molecule has 0 aliphatic rings. The molecule has 0 aromatic heterocycles. The molecule has 3 heteroatoms. The van der Waals surface area contributed by atoms with E-state index in [4.69, 9.17) is 4.74 Å². The van der Waals surface area contributed by atoms with Crippen molar-refractivity contribution in [2.75, 3.05) is 0 Å². The summed E-state index contributed by atoms with van der Waals surface area (Å²) in [6.45, 7) is 2.08. The van der Waals surface area contributed by atoms with E-state index in [1.807, 2.05) is 48.5 Å². The fourth-order valence-corrected chi connectivity index (χ4v) is 3.05. The molecule has 0 aliphatic heterocycles. The van der Waals surface area contributed by atoms with Crippen LogP contribution in [0.5, 0.6) is 5.75 Å². The molecule has 0 N–H and O–H groups in total. The van der Waals surface area contributed by atoms with Gasteiger partial charge in [-0.25, -0.2) is 4.79 Å². The maximum absolute atomic E-state index is 12.1. The van der Waals surface area contributed by atoms with Crippen LogP contribution < -0.4 is 4.74 Å². The van der Waals surface area contributed by atoms with Crippen LogP contribution >= 0.6 is 15.9 Å². The van der Waals surface area contributed by atoms with Crippen LogP contribution in [0.1, 0.15) is 18.1 Å². The monoisotopic (exact) mass is 380 g/mol. The van der Waals surface area contributed by atoms with Crippen molar-refractivity contribution in [1.29, 1.82) is 0 Å². The van der Waals surface area contributed by atoms with Gasteiger partial charge < -0.3 is 4.74 Å². The highest BCUT2D eigenvalue weighted by Gasteiger charge is 2.06. The molecular formula is C21H17BrO2. The van der Waals surface area contributed by atoms with E-state index in [9.17, 15) is 4.79 Å². The van der Waals surface area contributed by atoms with Gasteiger partial charge in [0.2, 0.25) is 0 Å². The fraction of sp³-hybridized carbons (Fsp3) is 0.0952. The Labute approximate surface area is 149 Å². The van der Waals surface area contributed by atoms with Crippen LogP contribution in [-0.2, 0) is 11.2 Å². The molecule has 0 fully saturated rings. The number of carbonyl (C=O) groups is 1. The summed E-state index contributed by atoms with van der Waals surface area (Å²) in [7, 11) is 0. The molecule has 0 bridgehead atoms. The standard InChI is InChI=1S/C21H17BrO2/c1-2-15-10-12-20(19(22)14-15)24-21(23)13-11-17-8-5-7-16-6-3-4-9-18(16)17/h3-14H,2H2,1H3/b13-11+. The number of aryl methyl sites for hydroxylation is 1. The molecule has 3 aromatic rings. The lowest BCUT2D eigenvalue weighted by molar-refractivity contribution is -0.128. The van der Waals surface area contributed by atoms with Gasteiger partial charge in [0.05, 0.1) is 4.47 Å². The summed E-state index contributed by atoms with van der Waals surface area (Å²) in [5, 5.41) is 2.25. The fourth-order valence-electron chi connectivity index (χ4n) is 2.54. The van der Waals surface area contributed by atoms with Gasteiger partial charge >= 0.3 is 5.97 Å². The number of esters is 1. The molecule has 3 aromatic carbocycles. The largest absolute Gasteiger partial charge is 0.422 e. The van der Waals surface area contributed by atoms with Gasteiger partial charge in [-0.15, -0.1) is 0 Å². The maximum atomic E-state index is 12.1. The second-order valence-corrected chi connectivity index (χ2v) is 6.30. The Hall–Kier alpha value is -2.39. The molecule has 0 aliphatic carbocycles. The van der Waals surface area contributed by atoms with E-state index in [-0.39, 0.29) is 0 Å². The number of hydrogen-bond acceptors (Lipinski definition) is 2. The third-order valence-corrected chi connectivity index (χ3v) is 4.46. The maximum Gasteiger partial charge on any atom is 0.336 e. The summed E-state index contributed by atoms with van der Waals surface area (Å²) >= 11 is 3.44. The van der Waals surface area contributed by atoms with Crippen LogP contribution in [0.2, 0.25) is 0 Å². The molecular weight excluding hydrogens is 364 g/mol. The first-order valence-electron chi connectivity index (χ1n) is 7.83. The highest BCUT2D eigenvalue weighted by Crippen LogP contribution is 2.26. The zero-order valence-electron chi connectivity index (χ0n) is 13.3. The number of hydrogen-bond donors (Lipinski definition) is 0. The zero-order chi connectivity index (χ0) is 16.9. The lowest BCUT2D eigenvalue weighted by atomic mass is 10.0. The average molecular weight is 381 g/mol. The van der Waals surface area contributed by atoms with Crippen LogP contribution in [0.3, 0.4) is 0 Å². The van der Waals surface area contributed by atoms with Crippen LogP contribution in [0.4, 0.5) is 0 Å². The molecule has 0 unspecified atom stereocenters. The van der Waals surface area contributed by atoms with Crippen LogP contribution in [0.25, 0.3) is 16.8 Å². The van der Waals surface area contributed by atoms with Crippen LogP contribution in [0, 0.1) is 0 Å². The lowest BCUT2D eigenvalue weighted by Crippen LogP contribution is -2.04. The Morgan fingerprint density at radius 3 is 2.67 bits per heavy atom. The van der Waals surface area contributed by atoms with Gasteiger partial charge in [0, 0.05) is 6.08 Å². The molecule has 120 valence electrons. The van der Waals surface area contributed by atoms with Crippen molar-refractivity contribution in [2.45, 2.75) is 13.3 Å². The quantitative estimate of drug-likeness (QED) is 0.325. The van der Waals surface area contributed by atoms with Gasteiger partial charge in [0.1, 0.15) is 5.75 Å². The first kappa shape index (κ1) is 16.5. The van der Waals surface area contributed by atoms with Crippen molar-refractivity contribution in [3.05, 3.63) is 82.3 Å². The Balaban J connectivity index is 1.78. The number of rotatable bonds is 4. The average Bonchev–Trinajstić information content (AvgIpc) is 2.61. The van der Waals surface area contributed by atoms with Crippen molar-refractivity contribution in [1.82, 2.24) is 0 Å². The van der Waals surface area contributed by atoms with Crippen LogP contribution in [-0.4, -0.2) is 5.97 Å². The van der Waals surface area contributed by atoms with Crippen molar-refractivity contribution < 1.29 is 9.53 Å². The van der Waals surface area contributed by atoms with Gasteiger partial charge in [-0.1, -0.05) is 55.5 Å². The van der Waals surface area contributed by atoms with Crippen molar-refractivity contribution in [3.8, 4) is 5.75 Å². The van der Waals surface area contributed by atoms with Crippen molar-refractivity contribution in [3.63, 3.8) is 0 Å². The lowest BCUT2D eigenvalue weighted by Gasteiger charge is -2.06. The van der Waals surface area contributed by atoms with Crippen LogP contribution in [0.15, 0.2) is 71.2 Å². The Bertz CT molecular complexity index is 907. The van der Waals surface area contributed by atoms with Crippen molar-refractivity contribution >= 4 is 38.7 Å². The number of carbonyl (C=O) groups excluding carboxylic acids is 1. The molecule has 0 spiro atoms. The third kappa shape index (κ3) is 3.74. The Morgan fingerprint density at radius 1 is 1.08 bits per heavy atom. The molecule has 0 atom stereocenters. The molecule has 24 heavy (non-hydrogen) atoms. The molecule has 0 amide bonds. The smallest absolute Gasteiger partial charge is 0.336 e. The molecule has 2 nitrogen and oxygen atoms in total. The zero-order valence-corrected chi connectivity index (χ0v) is 14.9. The summed E-state index contributed by atoms with van der Waals surface area (Å²) < 4.78 is 6.19. The summed E-state index contributed by atoms with van der Waals surface area (Å²) in [6.07, 6.45) is 4.19. The number of ether oxygens (including phenoxy) is 1. The number of benzene rings is 3. The topological polar surface area (TPSA) is 26.3 Å². The summed E-state index contributed by atoms with van der Waals surface area (Å²) in [5.74, 6) is 0.132. The van der Waals surface area contributed by atoms with Gasteiger partial charge in [-0.3, -0.25) is 0 Å². The highest BCUT2D eigenvalue weighted by molar-refractivity contribution is 9.10. The summed E-state index contributed by atoms with van der Waals surface area (Å²) in [5.41, 5.74) is 2.18. The summed E-state index contributed by atoms with van der Waals surface area (Å²) in [6, 6.07) is 19.8. The van der Waals surface area contributed by atoms with E-state index < -0.39 is 5.97 Å². The van der Waals surface area contributed by atoms with E-state index in [1.165, 1.54) is 11.6 Å². The minimum Gasteiger partial charge on any atom is -0.422 e. The van der Waals surface area contributed by atoms with E-state index in [1.54, 1.807) is 6.08 Å². The molecule has 0 heterocycles. The van der Waals surface area contributed by atoms with E-state index >= 15 is 0 Å². The molecule has 0 radical (unpaired) electrons. The first-order valence-corrected chi connectivity index (χ1v) is 8.63. The van der Waals surface area contributed by atoms with Gasteiger partial charge in [0.15, 0.2) is 0 Å². The van der Waals surface area contributed by atoms with Gasteiger partial charge in [-0.05, 0) is 62.5 Å². The summed E-state index contributed by atoms with van der Waals surface area (Å²) in [4.78, 5) is 12.1. The molecule has 3 rings (SSSR count). The first-order chi connectivity index (χ1) is 11.7. The Morgan fingerprint density at radius 2 is 1.88 bits per heavy atom. The minimum atomic E-state index is -0.395. The number of halogens is 1. The second-order valence-electron chi connectivity index (χ2n) is 5.44. The third-order valence-electron chi connectivity index (χ3n) is 3.84. The van der Waals surface area contributed by atoms with E-state index in [0.29, 0.717) is 5.75 Å². The molecule has 0 saturated carbocycles. The molecule has 0 saturated heterocycles. The predicted molar refractivity (Wildman–Crippen MR) is 102 cm³/mol. The second kappa shape index (κ2) is 7.45. The van der Waals surface area contributed by atoms with E-state index in [2.05, 4.69) is 35.0 Å².